The van der Waals surface area contributed by atoms with Crippen molar-refractivity contribution < 1.29 is 4.74 Å². The van der Waals surface area contributed by atoms with Gasteiger partial charge in [-0.1, -0.05) is 23.9 Å². The normalized spacial score (nSPS) is 10.3. The predicted octanol–water partition coefficient (Wildman–Crippen LogP) is 2.54. The number of benzene rings is 1. The predicted molar refractivity (Wildman–Crippen MR) is 79.6 cm³/mol. The third kappa shape index (κ3) is 2.75. The molecule has 2 rings (SSSR count). The fourth-order valence-corrected chi connectivity index (χ4v) is 2.84. The standard InChI is InChI=1S/C14H16N4OS/c1-8-9(2)17-18-14(12(8)13(15)16)20-11-7-5-4-6-10(11)19-3/h4-7H,1-3H3,(H3,15,16). The van der Waals surface area contributed by atoms with Crippen molar-refractivity contribution in [2.24, 2.45) is 5.73 Å². The van der Waals surface area contributed by atoms with Crippen molar-refractivity contribution in [2.75, 3.05) is 7.11 Å². The molecule has 104 valence electrons. The lowest BCUT2D eigenvalue weighted by molar-refractivity contribution is 0.405. The van der Waals surface area contributed by atoms with Gasteiger partial charge in [-0.15, -0.1) is 5.10 Å². The zero-order chi connectivity index (χ0) is 14.7. The van der Waals surface area contributed by atoms with Crippen molar-refractivity contribution in [3.8, 4) is 5.75 Å². The van der Waals surface area contributed by atoms with Gasteiger partial charge in [-0.25, -0.2) is 0 Å². The Labute approximate surface area is 122 Å². The van der Waals surface area contributed by atoms with Gasteiger partial charge in [0.25, 0.3) is 0 Å². The van der Waals surface area contributed by atoms with E-state index in [1.54, 1.807) is 7.11 Å². The van der Waals surface area contributed by atoms with E-state index in [1.165, 1.54) is 11.8 Å². The number of rotatable bonds is 4. The van der Waals surface area contributed by atoms with Gasteiger partial charge in [0.1, 0.15) is 16.6 Å². The summed E-state index contributed by atoms with van der Waals surface area (Å²) in [6.07, 6.45) is 0. The van der Waals surface area contributed by atoms with E-state index in [4.69, 9.17) is 15.9 Å². The Bertz CT molecular complexity index is 658. The fourth-order valence-electron chi connectivity index (χ4n) is 1.78. The van der Waals surface area contributed by atoms with E-state index < -0.39 is 0 Å². The second-order valence-electron chi connectivity index (χ2n) is 4.26. The third-order valence-corrected chi connectivity index (χ3v) is 4.00. The van der Waals surface area contributed by atoms with Crippen molar-refractivity contribution in [2.45, 2.75) is 23.8 Å². The van der Waals surface area contributed by atoms with Gasteiger partial charge in [-0.2, -0.15) is 5.10 Å². The van der Waals surface area contributed by atoms with Gasteiger partial charge in [-0.3, -0.25) is 5.41 Å². The highest BCUT2D eigenvalue weighted by atomic mass is 32.2. The molecule has 0 amide bonds. The van der Waals surface area contributed by atoms with Crippen LogP contribution in [-0.2, 0) is 0 Å². The molecule has 0 atom stereocenters. The molecule has 0 aliphatic carbocycles. The Balaban J connectivity index is 2.49. The smallest absolute Gasteiger partial charge is 0.135 e. The number of aryl methyl sites for hydroxylation is 1. The van der Waals surface area contributed by atoms with E-state index in [-0.39, 0.29) is 5.84 Å². The van der Waals surface area contributed by atoms with Crippen LogP contribution in [-0.4, -0.2) is 23.1 Å². The first-order valence-corrected chi connectivity index (χ1v) is 6.85. The first-order valence-electron chi connectivity index (χ1n) is 6.03. The average Bonchev–Trinajstić information content (AvgIpc) is 2.43. The van der Waals surface area contributed by atoms with E-state index in [0.717, 1.165) is 21.9 Å². The van der Waals surface area contributed by atoms with E-state index >= 15 is 0 Å². The molecule has 0 saturated carbocycles. The molecule has 0 unspecified atom stereocenters. The monoisotopic (exact) mass is 288 g/mol. The first kappa shape index (κ1) is 14.3. The highest BCUT2D eigenvalue weighted by molar-refractivity contribution is 7.99. The number of hydrogen-bond acceptors (Lipinski definition) is 5. The first-order chi connectivity index (χ1) is 9.54. The van der Waals surface area contributed by atoms with Crippen LogP contribution in [0.15, 0.2) is 34.2 Å². The topological polar surface area (TPSA) is 84.9 Å². The molecular formula is C14H16N4OS. The lowest BCUT2D eigenvalue weighted by atomic mass is 10.1. The van der Waals surface area contributed by atoms with Crippen molar-refractivity contribution in [3.05, 3.63) is 41.1 Å². The van der Waals surface area contributed by atoms with Gasteiger partial charge >= 0.3 is 0 Å². The second kappa shape index (κ2) is 5.92. The van der Waals surface area contributed by atoms with Crippen LogP contribution in [0.3, 0.4) is 0 Å². The molecule has 0 aliphatic rings. The van der Waals surface area contributed by atoms with Crippen molar-refractivity contribution in [1.82, 2.24) is 10.2 Å². The van der Waals surface area contributed by atoms with Crippen LogP contribution < -0.4 is 10.5 Å². The van der Waals surface area contributed by atoms with Gasteiger partial charge in [0.15, 0.2) is 0 Å². The SMILES string of the molecule is COc1ccccc1Sc1nnc(C)c(C)c1C(=N)N. The molecule has 0 saturated heterocycles. The molecule has 6 heteroatoms. The number of methoxy groups -OCH3 is 1. The number of nitrogen functional groups attached to an aromatic ring is 1. The Morgan fingerprint density at radius 2 is 1.95 bits per heavy atom. The molecule has 0 fully saturated rings. The summed E-state index contributed by atoms with van der Waals surface area (Å²) in [5.41, 5.74) is 7.97. The van der Waals surface area contributed by atoms with Gasteiger partial charge in [0, 0.05) is 0 Å². The molecule has 2 aromatic rings. The Kier molecular flexibility index (Phi) is 4.24. The van der Waals surface area contributed by atoms with E-state index in [9.17, 15) is 0 Å². The van der Waals surface area contributed by atoms with E-state index in [0.29, 0.717) is 10.6 Å². The van der Waals surface area contributed by atoms with Crippen LogP contribution in [0.2, 0.25) is 0 Å². The summed E-state index contributed by atoms with van der Waals surface area (Å²) in [5, 5.41) is 16.6. The summed E-state index contributed by atoms with van der Waals surface area (Å²) in [6, 6.07) is 7.64. The van der Waals surface area contributed by atoms with Crippen LogP contribution >= 0.6 is 11.8 Å². The van der Waals surface area contributed by atoms with Crippen LogP contribution in [0.1, 0.15) is 16.8 Å². The summed E-state index contributed by atoms with van der Waals surface area (Å²) in [7, 11) is 1.62. The maximum Gasteiger partial charge on any atom is 0.135 e. The van der Waals surface area contributed by atoms with Crippen LogP contribution in [0.4, 0.5) is 0 Å². The highest BCUT2D eigenvalue weighted by Gasteiger charge is 2.16. The third-order valence-electron chi connectivity index (χ3n) is 2.97. The minimum absolute atomic E-state index is 0.00195. The quantitative estimate of drug-likeness (QED) is 0.667. The Morgan fingerprint density at radius 1 is 1.25 bits per heavy atom. The number of nitrogens with zero attached hydrogens (tertiary/aromatic N) is 2. The molecule has 0 bridgehead atoms. The Morgan fingerprint density at radius 3 is 2.60 bits per heavy atom. The lowest BCUT2D eigenvalue weighted by Gasteiger charge is -2.12. The van der Waals surface area contributed by atoms with Crippen LogP contribution in [0, 0.1) is 19.3 Å². The zero-order valence-corrected chi connectivity index (χ0v) is 12.4. The van der Waals surface area contributed by atoms with Gasteiger partial charge in [-0.05, 0) is 31.5 Å². The fraction of sp³-hybridized carbons (Fsp3) is 0.214. The van der Waals surface area contributed by atoms with Gasteiger partial charge in [0.05, 0.1) is 23.3 Å². The molecule has 1 aromatic carbocycles. The molecule has 0 spiro atoms. The molecule has 0 radical (unpaired) electrons. The minimum atomic E-state index is -0.00195. The van der Waals surface area contributed by atoms with Gasteiger partial charge < -0.3 is 10.5 Å². The van der Waals surface area contributed by atoms with Crippen LogP contribution in [0.25, 0.3) is 0 Å². The second-order valence-corrected chi connectivity index (χ2v) is 5.29. The maximum atomic E-state index is 7.74. The van der Waals surface area contributed by atoms with Crippen molar-refractivity contribution in [1.29, 1.82) is 5.41 Å². The summed E-state index contributed by atoms with van der Waals surface area (Å²) in [4.78, 5) is 0.912. The molecule has 0 aliphatic heterocycles. The van der Waals surface area contributed by atoms with E-state index in [2.05, 4.69) is 10.2 Å². The largest absolute Gasteiger partial charge is 0.496 e. The maximum absolute atomic E-state index is 7.74. The Hall–Kier alpha value is -2.08. The highest BCUT2D eigenvalue weighted by Crippen LogP contribution is 2.35. The number of ether oxygens (including phenoxy) is 1. The molecule has 3 N–H and O–H groups in total. The number of hydrogen-bond donors (Lipinski definition) is 2. The minimum Gasteiger partial charge on any atom is -0.496 e. The summed E-state index contributed by atoms with van der Waals surface area (Å²) in [5.74, 6) is 0.755. The number of aromatic nitrogens is 2. The molecule has 1 aromatic heterocycles. The summed E-state index contributed by atoms with van der Waals surface area (Å²) >= 11 is 1.40. The lowest BCUT2D eigenvalue weighted by Crippen LogP contribution is -2.16. The van der Waals surface area contributed by atoms with Crippen molar-refractivity contribution in [3.63, 3.8) is 0 Å². The average molecular weight is 288 g/mol. The molecule has 20 heavy (non-hydrogen) atoms. The molecule has 5 nitrogen and oxygen atoms in total. The van der Waals surface area contributed by atoms with Crippen LogP contribution in [0.5, 0.6) is 5.75 Å². The number of amidine groups is 1. The zero-order valence-electron chi connectivity index (χ0n) is 11.6. The summed E-state index contributed by atoms with van der Waals surface area (Å²) < 4.78 is 5.32. The number of nitrogens with two attached hydrogens (primary N) is 1. The summed E-state index contributed by atoms with van der Waals surface area (Å²) in [6.45, 7) is 3.75. The molecular weight excluding hydrogens is 272 g/mol. The number of para-hydroxylation sites is 1. The number of nitrogens with one attached hydrogen (secondary N) is 1. The molecule has 1 heterocycles. The van der Waals surface area contributed by atoms with Crippen molar-refractivity contribution >= 4 is 17.6 Å². The van der Waals surface area contributed by atoms with Gasteiger partial charge in [0.2, 0.25) is 0 Å². The van der Waals surface area contributed by atoms with E-state index in [1.807, 2.05) is 38.1 Å².